The predicted molar refractivity (Wildman–Crippen MR) is 93.7 cm³/mol. The van der Waals surface area contributed by atoms with Crippen LogP contribution in [-0.2, 0) is 13.6 Å². The molecule has 24 heavy (non-hydrogen) atoms. The average Bonchev–Trinajstić information content (AvgIpc) is 3.31. The van der Waals surface area contributed by atoms with Crippen LogP contribution in [0.2, 0.25) is 0 Å². The van der Waals surface area contributed by atoms with Gasteiger partial charge in [-0.2, -0.15) is 5.10 Å². The number of thiazole rings is 1. The standard InChI is InChI=1S/C17H19N5OS/c1-21-12(8-9-19-21)11-18-17(23)22-10-4-6-14(22)16-20-13-5-2-3-7-15(13)24-16/h2-3,5,7-9,14H,4,6,10-11H2,1H3,(H,18,23). The van der Waals surface area contributed by atoms with E-state index in [-0.39, 0.29) is 12.1 Å². The van der Waals surface area contributed by atoms with Crippen LogP contribution in [0.25, 0.3) is 10.2 Å². The molecule has 2 aromatic heterocycles. The minimum Gasteiger partial charge on any atom is -0.332 e. The normalized spacial score (nSPS) is 17.5. The van der Waals surface area contributed by atoms with Gasteiger partial charge in [0.15, 0.2) is 0 Å². The Morgan fingerprint density at radius 3 is 3.04 bits per heavy atom. The molecule has 1 aliphatic rings. The van der Waals surface area contributed by atoms with Gasteiger partial charge >= 0.3 is 6.03 Å². The number of benzene rings is 1. The number of aromatic nitrogens is 3. The third-order valence-corrected chi connectivity index (χ3v) is 5.59. The van der Waals surface area contributed by atoms with E-state index < -0.39 is 0 Å². The highest BCUT2D eigenvalue weighted by Crippen LogP contribution is 2.36. The van der Waals surface area contributed by atoms with Crippen LogP contribution in [0.4, 0.5) is 4.79 Å². The number of nitrogens with one attached hydrogen (secondary N) is 1. The molecule has 6 nitrogen and oxygen atoms in total. The maximum atomic E-state index is 12.6. The molecule has 1 fully saturated rings. The van der Waals surface area contributed by atoms with E-state index in [1.807, 2.05) is 36.2 Å². The topological polar surface area (TPSA) is 63.1 Å². The Labute approximate surface area is 144 Å². The molecule has 2 amide bonds. The zero-order valence-electron chi connectivity index (χ0n) is 13.5. The van der Waals surface area contributed by atoms with Crippen molar-refractivity contribution in [3.8, 4) is 0 Å². The number of rotatable bonds is 3. The SMILES string of the molecule is Cn1nccc1CNC(=O)N1CCCC1c1nc2ccccc2s1. The number of fused-ring (bicyclic) bond motifs is 1. The molecule has 1 aromatic carbocycles. The highest BCUT2D eigenvalue weighted by atomic mass is 32.1. The van der Waals surface area contributed by atoms with E-state index in [1.54, 1.807) is 22.2 Å². The first-order chi connectivity index (χ1) is 11.7. The number of carbonyl (C=O) groups is 1. The predicted octanol–water partition coefficient (Wildman–Crippen LogP) is 3.08. The maximum absolute atomic E-state index is 12.6. The molecular weight excluding hydrogens is 322 g/mol. The molecule has 1 N–H and O–H groups in total. The summed E-state index contributed by atoms with van der Waals surface area (Å²) in [7, 11) is 1.88. The van der Waals surface area contributed by atoms with Crippen molar-refractivity contribution in [3.05, 3.63) is 47.2 Å². The maximum Gasteiger partial charge on any atom is 0.318 e. The van der Waals surface area contributed by atoms with Crippen LogP contribution in [0.3, 0.4) is 0 Å². The highest BCUT2D eigenvalue weighted by Gasteiger charge is 2.32. The Morgan fingerprint density at radius 1 is 1.38 bits per heavy atom. The number of carbonyl (C=O) groups excluding carboxylic acids is 1. The summed E-state index contributed by atoms with van der Waals surface area (Å²) in [6, 6.07) is 10.1. The van der Waals surface area contributed by atoms with Crippen molar-refractivity contribution < 1.29 is 4.79 Å². The molecule has 1 unspecified atom stereocenters. The molecule has 7 heteroatoms. The van der Waals surface area contributed by atoms with Crippen LogP contribution < -0.4 is 5.32 Å². The summed E-state index contributed by atoms with van der Waals surface area (Å²) in [6.07, 6.45) is 3.72. The fourth-order valence-electron chi connectivity index (χ4n) is 3.14. The first-order valence-electron chi connectivity index (χ1n) is 8.09. The van der Waals surface area contributed by atoms with Crippen molar-refractivity contribution >= 4 is 27.6 Å². The summed E-state index contributed by atoms with van der Waals surface area (Å²) in [5, 5.41) is 8.16. The fourth-order valence-corrected chi connectivity index (χ4v) is 4.26. The molecule has 0 radical (unpaired) electrons. The van der Waals surface area contributed by atoms with E-state index in [0.29, 0.717) is 6.54 Å². The van der Waals surface area contributed by atoms with Crippen molar-refractivity contribution in [1.82, 2.24) is 25.0 Å². The van der Waals surface area contributed by atoms with Crippen LogP contribution in [0, 0.1) is 0 Å². The molecule has 1 aliphatic heterocycles. The zero-order chi connectivity index (χ0) is 16.5. The second-order valence-corrected chi connectivity index (χ2v) is 7.04. The quantitative estimate of drug-likeness (QED) is 0.796. The van der Waals surface area contributed by atoms with Crippen LogP contribution in [0.5, 0.6) is 0 Å². The van der Waals surface area contributed by atoms with Crippen LogP contribution in [0.15, 0.2) is 36.5 Å². The summed E-state index contributed by atoms with van der Waals surface area (Å²) >= 11 is 1.69. The number of aryl methyl sites for hydroxylation is 1. The van der Waals surface area contributed by atoms with Gasteiger partial charge in [-0.1, -0.05) is 12.1 Å². The van der Waals surface area contributed by atoms with Gasteiger partial charge in [0.2, 0.25) is 0 Å². The molecular formula is C17H19N5OS. The summed E-state index contributed by atoms with van der Waals surface area (Å²) in [4.78, 5) is 19.3. The van der Waals surface area contributed by atoms with E-state index in [4.69, 9.17) is 4.98 Å². The zero-order valence-corrected chi connectivity index (χ0v) is 14.3. The Hall–Kier alpha value is -2.41. The van der Waals surface area contributed by atoms with Crippen molar-refractivity contribution in [2.45, 2.75) is 25.4 Å². The first kappa shape index (κ1) is 15.1. The number of urea groups is 1. The van der Waals surface area contributed by atoms with E-state index in [0.717, 1.165) is 35.6 Å². The Bertz CT molecular complexity index is 838. The minimum absolute atomic E-state index is 0.0297. The van der Waals surface area contributed by atoms with Crippen molar-refractivity contribution in [2.75, 3.05) is 6.54 Å². The van der Waals surface area contributed by atoms with E-state index in [2.05, 4.69) is 16.5 Å². The van der Waals surface area contributed by atoms with Crippen molar-refractivity contribution in [2.24, 2.45) is 7.05 Å². The second kappa shape index (κ2) is 6.24. The molecule has 4 rings (SSSR count). The van der Waals surface area contributed by atoms with Crippen LogP contribution in [0.1, 0.15) is 29.6 Å². The number of nitrogens with zero attached hydrogens (tertiary/aromatic N) is 4. The van der Waals surface area contributed by atoms with Gasteiger partial charge in [-0.05, 0) is 31.0 Å². The Kier molecular flexibility index (Phi) is 3.93. The molecule has 124 valence electrons. The van der Waals surface area contributed by atoms with Crippen molar-refractivity contribution in [1.29, 1.82) is 0 Å². The summed E-state index contributed by atoms with van der Waals surface area (Å²) < 4.78 is 2.95. The van der Waals surface area contributed by atoms with E-state index in [9.17, 15) is 4.79 Å². The molecule has 1 saturated heterocycles. The molecule has 3 aromatic rings. The van der Waals surface area contributed by atoms with E-state index in [1.165, 1.54) is 4.70 Å². The Balaban J connectivity index is 1.49. The van der Waals surface area contributed by atoms with Crippen molar-refractivity contribution in [3.63, 3.8) is 0 Å². The lowest BCUT2D eigenvalue weighted by atomic mass is 10.2. The number of amides is 2. The number of hydrogen-bond acceptors (Lipinski definition) is 4. The highest BCUT2D eigenvalue weighted by molar-refractivity contribution is 7.18. The van der Waals surface area contributed by atoms with Gasteiger partial charge < -0.3 is 10.2 Å². The lowest BCUT2D eigenvalue weighted by Gasteiger charge is -2.23. The van der Waals surface area contributed by atoms with Gasteiger partial charge in [0.05, 0.1) is 28.5 Å². The minimum atomic E-state index is -0.0297. The lowest BCUT2D eigenvalue weighted by Crippen LogP contribution is -2.39. The molecule has 0 spiro atoms. The lowest BCUT2D eigenvalue weighted by molar-refractivity contribution is 0.192. The third-order valence-electron chi connectivity index (χ3n) is 4.45. The monoisotopic (exact) mass is 341 g/mol. The number of likely N-dealkylation sites (tertiary alicyclic amines) is 1. The first-order valence-corrected chi connectivity index (χ1v) is 8.91. The molecule has 1 atom stereocenters. The molecule has 3 heterocycles. The number of hydrogen-bond donors (Lipinski definition) is 1. The van der Waals surface area contributed by atoms with E-state index >= 15 is 0 Å². The molecule has 0 bridgehead atoms. The second-order valence-electron chi connectivity index (χ2n) is 5.98. The molecule has 0 saturated carbocycles. The summed E-state index contributed by atoms with van der Waals surface area (Å²) in [6.45, 7) is 1.26. The smallest absolute Gasteiger partial charge is 0.318 e. The summed E-state index contributed by atoms with van der Waals surface area (Å²) in [5.74, 6) is 0. The Morgan fingerprint density at radius 2 is 2.25 bits per heavy atom. The van der Waals surface area contributed by atoms with Crippen LogP contribution in [-0.4, -0.2) is 32.2 Å². The largest absolute Gasteiger partial charge is 0.332 e. The van der Waals surface area contributed by atoms with Gasteiger partial charge in [0.25, 0.3) is 0 Å². The fraction of sp³-hybridized carbons (Fsp3) is 0.353. The van der Waals surface area contributed by atoms with Gasteiger partial charge in [0.1, 0.15) is 5.01 Å². The van der Waals surface area contributed by atoms with Gasteiger partial charge in [-0.15, -0.1) is 11.3 Å². The van der Waals surface area contributed by atoms with Gasteiger partial charge in [-0.25, -0.2) is 9.78 Å². The van der Waals surface area contributed by atoms with Gasteiger partial charge in [0, 0.05) is 19.8 Å². The number of para-hydroxylation sites is 1. The summed E-state index contributed by atoms with van der Waals surface area (Å²) in [5.41, 5.74) is 2.00. The van der Waals surface area contributed by atoms with Crippen LogP contribution >= 0.6 is 11.3 Å². The average molecular weight is 341 g/mol. The molecule has 0 aliphatic carbocycles. The third kappa shape index (κ3) is 2.75. The van der Waals surface area contributed by atoms with Gasteiger partial charge in [-0.3, -0.25) is 4.68 Å².